The molecule has 2 aromatic heterocycles. The molecule has 2 fully saturated rings. The number of methoxy groups -OCH3 is 1. The summed E-state index contributed by atoms with van der Waals surface area (Å²) in [6.45, 7) is 4.98. The Labute approximate surface area is 361 Å². The van der Waals surface area contributed by atoms with Gasteiger partial charge in [-0.3, -0.25) is 9.05 Å². The van der Waals surface area contributed by atoms with Gasteiger partial charge in [0.05, 0.1) is 37.7 Å². The molecular formula is C45H67N6O9P. The number of unbranched alkanes of at least 4 members (excludes halogenated alkanes) is 16. The number of fused-ring (bicyclic) bond motifs is 2. The Kier molecular flexibility index (Phi) is 18.8. The van der Waals surface area contributed by atoms with Crippen LogP contribution in [0.15, 0.2) is 36.7 Å². The summed E-state index contributed by atoms with van der Waals surface area (Å²) in [5.41, 5.74) is 6.48. The van der Waals surface area contributed by atoms with Gasteiger partial charge in [0.2, 0.25) is 5.60 Å². The van der Waals surface area contributed by atoms with Gasteiger partial charge in [0.1, 0.15) is 54.7 Å². The standard InChI is InChI=1S/C45H67N6O9P/c1-5-6-7-8-9-10-11-12-13-14-15-16-17-18-19-20-21-22-36(55-29-34-23-24-35(28-46)39(27-34)54-4)30-56-61(52,53)57-32-45(31-47)42-41(58-44(2,3)60-42)40(59-45)37-25-26-38-43(48)49-33-50-51(37)38/h23-27,33,36,40-42H,5-22,29-30,32H2,1-4H3,(H,52,53)(H2,48,49,50)/t36-,40?,41+,42+,45-/m1/s1. The zero-order chi connectivity index (χ0) is 43.7. The van der Waals surface area contributed by atoms with E-state index in [-0.39, 0.29) is 19.0 Å². The number of aromatic nitrogens is 3. The number of hydrogen-bond donors (Lipinski definition) is 2. The van der Waals surface area contributed by atoms with Gasteiger partial charge in [0.15, 0.2) is 11.6 Å². The van der Waals surface area contributed by atoms with Gasteiger partial charge < -0.3 is 34.3 Å². The van der Waals surface area contributed by atoms with Crippen LogP contribution in [0.1, 0.15) is 159 Å². The van der Waals surface area contributed by atoms with E-state index in [0.717, 1.165) is 24.8 Å². The molecule has 0 amide bonds. The van der Waals surface area contributed by atoms with E-state index in [1.165, 1.54) is 103 Å². The van der Waals surface area contributed by atoms with Crippen molar-refractivity contribution in [3.05, 3.63) is 53.5 Å². The van der Waals surface area contributed by atoms with Gasteiger partial charge in [0, 0.05) is 0 Å². The molecule has 3 N–H and O–H groups in total. The molecule has 4 heterocycles. The Morgan fingerprint density at radius 3 is 2.15 bits per heavy atom. The van der Waals surface area contributed by atoms with Crippen LogP contribution < -0.4 is 10.5 Å². The van der Waals surface area contributed by atoms with Crippen molar-refractivity contribution < 1.29 is 42.2 Å². The first kappa shape index (κ1) is 48.4. The van der Waals surface area contributed by atoms with Gasteiger partial charge in [0.25, 0.3) is 0 Å². The molecule has 1 aromatic carbocycles. The van der Waals surface area contributed by atoms with Crippen LogP contribution in [0.2, 0.25) is 0 Å². The zero-order valence-corrected chi connectivity index (χ0v) is 37.5. The van der Waals surface area contributed by atoms with E-state index in [9.17, 15) is 20.0 Å². The number of nitrogens with zero attached hydrogens (tertiary/aromatic N) is 5. The summed E-state index contributed by atoms with van der Waals surface area (Å²) in [6.07, 6.45) is 20.2. The quantitative estimate of drug-likeness (QED) is 0.0492. The number of benzene rings is 1. The van der Waals surface area contributed by atoms with Crippen LogP contribution in [0.4, 0.5) is 5.82 Å². The van der Waals surface area contributed by atoms with Crippen molar-refractivity contribution in [1.29, 1.82) is 10.5 Å². The van der Waals surface area contributed by atoms with E-state index >= 15 is 0 Å². The monoisotopic (exact) mass is 866 g/mol. The molecule has 16 heteroatoms. The first-order valence-corrected chi connectivity index (χ1v) is 23.8. The molecule has 61 heavy (non-hydrogen) atoms. The molecule has 5 rings (SSSR count). The summed E-state index contributed by atoms with van der Waals surface area (Å²) in [5.74, 6) is -0.391. The van der Waals surface area contributed by atoms with Crippen LogP contribution in [0.25, 0.3) is 5.52 Å². The van der Waals surface area contributed by atoms with Crippen molar-refractivity contribution in [1.82, 2.24) is 14.6 Å². The fourth-order valence-electron chi connectivity index (χ4n) is 8.22. The molecule has 6 atom stereocenters. The lowest BCUT2D eigenvalue weighted by Crippen LogP contribution is -2.45. The summed E-state index contributed by atoms with van der Waals surface area (Å²) in [4.78, 5) is 15.0. The number of ether oxygens (including phenoxy) is 5. The summed E-state index contributed by atoms with van der Waals surface area (Å²) >= 11 is 0. The maximum absolute atomic E-state index is 13.5. The number of phosphoric ester groups is 1. The van der Waals surface area contributed by atoms with Crippen molar-refractivity contribution in [2.24, 2.45) is 0 Å². The number of nitriles is 2. The number of phosphoric acid groups is 1. The van der Waals surface area contributed by atoms with Crippen molar-refractivity contribution >= 4 is 19.2 Å². The molecule has 0 aliphatic carbocycles. The van der Waals surface area contributed by atoms with Crippen LogP contribution in [0.3, 0.4) is 0 Å². The number of nitrogens with two attached hydrogens (primary N) is 1. The van der Waals surface area contributed by atoms with Crippen molar-refractivity contribution in [2.75, 3.05) is 26.1 Å². The molecule has 2 unspecified atom stereocenters. The van der Waals surface area contributed by atoms with E-state index in [1.54, 1.807) is 48.7 Å². The van der Waals surface area contributed by atoms with Crippen LogP contribution in [-0.4, -0.2) is 69.5 Å². The van der Waals surface area contributed by atoms with Gasteiger partial charge in [-0.1, -0.05) is 122 Å². The highest BCUT2D eigenvalue weighted by Crippen LogP contribution is 2.52. The summed E-state index contributed by atoms with van der Waals surface area (Å²) < 4.78 is 56.4. The first-order chi connectivity index (χ1) is 29.4. The maximum Gasteiger partial charge on any atom is 0.472 e. The summed E-state index contributed by atoms with van der Waals surface area (Å²) in [7, 11) is -3.25. The number of hydrogen-bond acceptors (Lipinski definition) is 13. The number of anilines is 1. The lowest BCUT2D eigenvalue weighted by atomic mass is 9.96. The zero-order valence-electron chi connectivity index (χ0n) is 36.6. The van der Waals surface area contributed by atoms with E-state index in [4.69, 9.17) is 38.5 Å². The average Bonchev–Trinajstić information content (AvgIpc) is 3.92. The van der Waals surface area contributed by atoms with Gasteiger partial charge >= 0.3 is 7.82 Å². The number of nitrogen functional groups attached to an aromatic ring is 1. The Bertz CT molecular complexity index is 1950. The average molecular weight is 867 g/mol. The van der Waals surface area contributed by atoms with Crippen molar-refractivity contribution in [3.63, 3.8) is 0 Å². The van der Waals surface area contributed by atoms with Crippen molar-refractivity contribution in [2.45, 2.75) is 179 Å². The second-order valence-corrected chi connectivity index (χ2v) is 18.3. The summed E-state index contributed by atoms with van der Waals surface area (Å²) in [6, 6.07) is 12.9. The largest absolute Gasteiger partial charge is 0.495 e. The lowest BCUT2D eigenvalue weighted by Gasteiger charge is -2.29. The minimum atomic E-state index is -4.75. The maximum atomic E-state index is 13.5. The fraction of sp³-hybridized carbons (Fsp3) is 0.689. The van der Waals surface area contributed by atoms with Crippen LogP contribution >= 0.6 is 7.82 Å². The molecule has 3 aromatic rings. The van der Waals surface area contributed by atoms with E-state index < -0.39 is 50.2 Å². The van der Waals surface area contributed by atoms with Gasteiger partial charge in [-0.15, -0.1) is 0 Å². The molecule has 0 spiro atoms. The third-order valence-corrected chi connectivity index (χ3v) is 12.5. The highest BCUT2D eigenvalue weighted by molar-refractivity contribution is 7.47. The van der Waals surface area contributed by atoms with Gasteiger partial charge in [-0.25, -0.2) is 14.1 Å². The molecule has 2 aliphatic heterocycles. The summed E-state index contributed by atoms with van der Waals surface area (Å²) in [5, 5.41) is 24.3. The topological polar surface area (TPSA) is 206 Å². The Balaban J connectivity index is 1.11. The predicted octanol–water partition coefficient (Wildman–Crippen LogP) is 9.81. The Morgan fingerprint density at radius 2 is 1.54 bits per heavy atom. The van der Waals surface area contributed by atoms with Gasteiger partial charge in [-0.05, 0) is 50.1 Å². The second kappa shape index (κ2) is 23.7. The van der Waals surface area contributed by atoms with Gasteiger partial charge in [-0.2, -0.15) is 15.6 Å². The van der Waals surface area contributed by atoms with E-state index in [1.807, 2.05) is 0 Å². The molecule has 2 aliphatic rings. The van der Waals surface area contributed by atoms with E-state index in [2.05, 4.69) is 29.1 Å². The predicted molar refractivity (Wildman–Crippen MR) is 230 cm³/mol. The molecule has 2 saturated heterocycles. The Morgan fingerprint density at radius 1 is 0.902 bits per heavy atom. The van der Waals surface area contributed by atoms with Crippen LogP contribution in [0, 0.1) is 22.7 Å². The molecule has 0 radical (unpaired) electrons. The Hall–Kier alpha value is -3.63. The van der Waals surface area contributed by atoms with Crippen LogP contribution in [0.5, 0.6) is 5.75 Å². The highest BCUT2D eigenvalue weighted by atomic mass is 31.2. The van der Waals surface area contributed by atoms with E-state index in [0.29, 0.717) is 28.9 Å². The molecular weight excluding hydrogens is 800 g/mol. The van der Waals surface area contributed by atoms with Crippen LogP contribution in [-0.2, 0) is 39.2 Å². The third-order valence-electron chi connectivity index (χ3n) is 11.6. The molecule has 336 valence electrons. The normalized spacial score (nSPS) is 22.1. The molecule has 0 bridgehead atoms. The first-order valence-electron chi connectivity index (χ1n) is 22.3. The molecule has 0 saturated carbocycles. The highest BCUT2D eigenvalue weighted by Gasteiger charge is 2.65. The number of rotatable bonds is 29. The molecule has 15 nitrogen and oxygen atoms in total. The van der Waals surface area contributed by atoms with Crippen molar-refractivity contribution in [3.8, 4) is 17.9 Å². The lowest BCUT2D eigenvalue weighted by molar-refractivity contribution is -0.204. The minimum Gasteiger partial charge on any atom is -0.495 e. The minimum absolute atomic E-state index is 0.166. The third kappa shape index (κ3) is 13.9. The smallest absolute Gasteiger partial charge is 0.472 e. The second-order valence-electron chi connectivity index (χ2n) is 16.8. The fourth-order valence-corrected chi connectivity index (χ4v) is 9.01. The SMILES string of the molecule is CCCCCCCCCCCCCCCCCCC[C@H](COP(=O)(O)OC[C@@]1(C#N)OC(c2ccc3c(N)ncnn23)[C@@H]2OC(C)(C)O[C@@H]21)OCc1ccc(C#N)c(OC)c1.